The van der Waals surface area contributed by atoms with E-state index in [0.717, 1.165) is 10.9 Å². The van der Waals surface area contributed by atoms with E-state index in [1.54, 1.807) is 0 Å². The Labute approximate surface area is 118 Å². The number of sulfonamides is 1. The highest BCUT2D eigenvalue weighted by Gasteiger charge is 2.18. The largest absolute Gasteiger partial charge is 0.355 e. The molecule has 0 amide bonds. The van der Waals surface area contributed by atoms with Crippen molar-refractivity contribution >= 4 is 15.7 Å². The van der Waals surface area contributed by atoms with Gasteiger partial charge in [0.25, 0.3) is 0 Å². The summed E-state index contributed by atoms with van der Waals surface area (Å²) in [5.74, 6) is -0.142. The Morgan fingerprint density at radius 2 is 2.00 bits per heavy atom. The third kappa shape index (κ3) is 3.27. The van der Waals surface area contributed by atoms with Gasteiger partial charge in [0.15, 0.2) is 0 Å². The molecule has 114 valence electrons. The van der Waals surface area contributed by atoms with E-state index in [1.807, 2.05) is 0 Å². The molecule has 0 spiro atoms. The van der Waals surface area contributed by atoms with E-state index in [0.29, 0.717) is 0 Å². The van der Waals surface area contributed by atoms with Crippen LogP contribution >= 0.6 is 0 Å². The minimum atomic E-state index is -3.49. The third-order valence-electron chi connectivity index (χ3n) is 2.57. The van der Waals surface area contributed by atoms with Crippen molar-refractivity contribution in [1.82, 2.24) is 14.3 Å². The molecule has 1 aromatic heterocycles. The number of anilines is 1. The molecular formula is C11H12F2N4O3S. The number of nitrogens with one attached hydrogen (secondary N) is 1. The van der Waals surface area contributed by atoms with Gasteiger partial charge in [-0.05, 0) is 25.1 Å². The zero-order chi connectivity index (χ0) is 15.8. The van der Waals surface area contributed by atoms with Crippen LogP contribution in [-0.2, 0) is 10.0 Å². The lowest BCUT2D eigenvalue weighted by molar-refractivity contribution is 0.0640. The number of halogens is 2. The summed E-state index contributed by atoms with van der Waals surface area (Å²) < 4.78 is 51.1. The Morgan fingerprint density at radius 3 is 2.52 bits per heavy atom. The van der Waals surface area contributed by atoms with E-state index in [4.69, 9.17) is 0 Å². The number of aryl methyl sites for hydroxylation is 1. The van der Waals surface area contributed by atoms with Gasteiger partial charge in [-0.2, -0.15) is 18.6 Å². The average Bonchev–Trinajstić information content (AvgIpc) is 2.63. The van der Waals surface area contributed by atoms with Crippen LogP contribution in [0.3, 0.4) is 0 Å². The van der Waals surface area contributed by atoms with Crippen LogP contribution in [-0.4, -0.2) is 29.0 Å². The molecule has 7 nitrogen and oxygen atoms in total. The monoisotopic (exact) mass is 318 g/mol. The highest BCUT2D eigenvalue weighted by Crippen LogP contribution is 2.15. The van der Waals surface area contributed by atoms with Crippen LogP contribution in [0.25, 0.3) is 5.69 Å². The molecule has 0 aliphatic heterocycles. The van der Waals surface area contributed by atoms with Gasteiger partial charge in [0.1, 0.15) is 5.82 Å². The lowest BCUT2D eigenvalue weighted by atomic mass is 10.3. The first kappa shape index (κ1) is 15.2. The zero-order valence-corrected chi connectivity index (χ0v) is 11.9. The Morgan fingerprint density at radius 1 is 1.33 bits per heavy atom. The number of benzene rings is 1. The smallest absolute Gasteiger partial charge is 0.284 e. The van der Waals surface area contributed by atoms with Crippen molar-refractivity contribution in [1.29, 1.82) is 0 Å². The maximum Gasteiger partial charge on any atom is 0.355 e. The lowest BCUT2D eigenvalue weighted by Crippen LogP contribution is -2.24. The van der Waals surface area contributed by atoms with Gasteiger partial charge in [0.05, 0.1) is 17.6 Å². The predicted molar refractivity (Wildman–Crippen MR) is 72.3 cm³/mol. The second-order valence-corrected chi connectivity index (χ2v) is 6.06. The Bertz CT molecular complexity index is 826. The zero-order valence-electron chi connectivity index (χ0n) is 11.1. The molecule has 0 aliphatic carbocycles. The van der Waals surface area contributed by atoms with Crippen molar-refractivity contribution in [3.05, 3.63) is 40.6 Å². The first-order chi connectivity index (χ1) is 9.69. The van der Waals surface area contributed by atoms with Gasteiger partial charge >= 0.3 is 12.2 Å². The summed E-state index contributed by atoms with van der Waals surface area (Å²) in [7, 11) is -3.49. The molecule has 1 N–H and O–H groups in total. The molecule has 0 bridgehead atoms. The molecule has 0 radical (unpaired) electrons. The van der Waals surface area contributed by atoms with Crippen LogP contribution in [0.2, 0.25) is 0 Å². The fraction of sp³-hybridized carbons (Fsp3) is 0.273. The highest BCUT2D eigenvalue weighted by molar-refractivity contribution is 7.92. The molecule has 1 heterocycles. The standard InChI is InChI=1S/C11H12F2N4O3S/c1-7-14-17(11(18)16(7)10(12)13)9-5-3-4-8(6-9)15-21(2,19)20/h3-6,10,15H,1-2H3. The molecule has 10 heteroatoms. The van der Waals surface area contributed by atoms with Crippen molar-refractivity contribution in [3.8, 4) is 5.69 Å². The number of hydrogen-bond donors (Lipinski definition) is 1. The molecule has 21 heavy (non-hydrogen) atoms. The van der Waals surface area contributed by atoms with Crippen molar-refractivity contribution in [3.63, 3.8) is 0 Å². The van der Waals surface area contributed by atoms with Gasteiger partial charge in [-0.1, -0.05) is 6.07 Å². The number of alkyl halides is 2. The minimum absolute atomic E-state index is 0.142. The van der Waals surface area contributed by atoms with E-state index >= 15 is 0 Å². The summed E-state index contributed by atoms with van der Waals surface area (Å²) in [5.41, 5.74) is -0.624. The Kier molecular flexibility index (Phi) is 3.81. The Hall–Kier alpha value is -2.23. The summed E-state index contributed by atoms with van der Waals surface area (Å²) in [6.45, 7) is -1.72. The molecule has 0 aliphatic rings. The predicted octanol–water partition coefficient (Wildman–Crippen LogP) is 1.11. The van der Waals surface area contributed by atoms with Gasteiger partial charge in [-0.25, -0.2) is 17.8 Å². The van der Waals surface area contributed by atoms with Crippen LogP contribution in [0.4, 0.5) is 14.5 Å². The fourth-order valence-corrected chi connectivity index (χ4v) is 2.34. The Balaban J connectivity index is 2.51. The first-order valence-corrected chi connectivity index (χ1v) is 7.63. The summed E-state index contributed by atoms with van der Waals surface area (Å²) >= 11 is 0. The van der Waals surface area contributed by atoms with Crippen LogP contribution in [0.5, 0.6) is 0 Å². The normalized spacial score (nSPS) is 11.9. The van der Waals surface area contributed by atoms with Crippen LogP contribution in [0, 0.1) is 6.92 Å². The molecule has 0 saturated heterocycles. The van der Waals surface area contributed by atoms with Crippen LogP contribution in [0.1, 0.15) is 12.4 Å². The molecule has 0 atom stereocenters. The molecule has 0 fully saturated rings. The molecule has 0 saturated carbocycles. The molecule has 0 unspecified atom stereocenters. The molecular weight excluding hydrogens is 306 g/mol. The summed E-state index contributed by atoms with van der Waals surface area (Å²) in [4.78, 5) is 11.9. The van der Waals surface area contributed by atoms with E-state index in [9.17, 15) is 22.0 Å². The van der Waals surface area contributed by atoms with Crippen molar-refractivity contribution in [2.75, 3.05) is 11.0 Å². The number of hydrogen-bond acceptors (Lipinski definition) is 4. The maximum absolute atomic E-state index is 12.7. The first-order valence-electron chi connectivity index (χ1n) is 5.73. The van der Waals surface area contributed by atoms with E-state index in [-0.39, 0.29) is 21.8 Å². The maximum atomic E-state index is 12.7. The second kappa shape index (κ2) is 5.28. The van der Waals surface area contributed by atoms with Crippen molar-refractivity contribution in [2.45, 2.75) is 13.5 Å². The van der Waals surface area contributed by atoms with Crippen LogP contribution in [0.15, 0.2) is 29.1 Å². The lowest BCUT2D eigenvalue weighted by Gasteiger charge is -2.05. The number of rotatable bonds is 4. The highest BCUT2D eigenvalue weighted by atomic mass is 32.2. The molecule has 2 rings (SSSR count). The van der Waals surface area contributed by atoms with Crippen molar-refractivity contribution < 1.29 is 17.2 Å². The summed E-state index contributed by atoms with van der Waals surface area (Å²) in [5, 5.41) is 3.75. The SMILES string of the molecule is Cc1nn(-c2cccc(NS(C)(=O)=O)c2)c(=O)n1C(F)F. The second-order valence-electron chi connectivity index (χ2n) is 4.31. The van der Waals surface area contributed by atoms with E-state index in [1.165, 1.54) is 31.2 Å². The quantitative estimate of drug-likeness (QED) is 0.915. The van der Waals surface area contributed by atoms with Gasteiger partial charge in [-0.15, -0.1) is 0 Å². The average molecular weight is 318 g/mol. The molecule has 1 aromatic carbocycles. The van der Waals surface area contributed by atoms with Crippen LogP contribution < -0.4 is 10.4 Å². The van der Waals surface area contributed by atoms with Gasteiger partial charge in [-0.3, -0.25) is 4.72 Å². The van der Waals surface area contributed by atoms with Gasteiger partial charge in [0.2, 0.25) is 10.0 Å². The summed E-state index contributed by atoms with van der Waals surface area (Å²) in [6, 6.07) is 5.72. The topological polar surface area (TPSA) is 86.0 Å². The van der Waals surface area contributed by atoms with Gasteiger partial charge < -0.3 is 0 Å². The minimum Gasteiger partial charge on any atom is -0.284 e. The van der Waals surface area contributed by atoms with Crippen molar-refractivity contribution in [2.24, 2.45) is 0 Å². The van der Waals surface area contributed by atoms with E-state index in [2.05, 4.69) is 9.82 Å². The van der Waals surface area contributed by atoms with E-state index < -0.39 is 22.3 Å². The summed E-state index contributed by atoms with van der Waals surface area (Å²) in [6.07, 6.45) is 0.974. The number of aromatic nitrogens is 3. The third-order valence-corrected chi connectivity index (χ3v) is 3.18. The van der Waals surface area contributed by atoms with Gasteiger partial charge in [0, 0.05) is 0 Å². The molecule has 2 aromatic rings. The number of nitrogens with zero attached hydrogens (tertiary/aromatic N) is 3. The fourth-order valence-electron chi connectivity index (χ4n) is 1.78.